The highest BCUT2D eigenvalue weighted by molar-refractivity contribution is 7.99. The Kier molecular flexibility index (Phi) is 8.80. The van der Waals surface area contributed by atoms with Gasteiger partial charge in [-0.2, -0.15) is 0 Å². The van der Waals surface area contributed by atoms with Crippen LogP contribution in [0.15, 0.2) is 34.2 Å². The molecule has 0 bridgehead atoms. The number of aliphatic imine (C=N–C) groups is 1. The van der Waals surface area contributed by atoms with E-state index in [-0.39, 0.29) is 5.82 Å². The maximum Gasteiger partial charge on any atom is 0.190 e. The number of fused-ring (bicyclic) bond motifs is 1. The van der Waals surface area contributed by atoms with E-state index in [4.69, 9.17) is 0 Å². The first-order valence-electron chi connectivity index (χ1n) is 10.5. The number of benzene rings is 1. The first kappa shape index (κ1) is 21.6. The Morgan fingerprint density at radius 3 is 2.69 bits per heavy atom. The molecule has 29 heavy (non-hydrogen) atoms. The molecule has 0 radical (unpaired) electrons. The molecule has 2 heterocycles. The minimum Gasteiger partial charge on any atom is -0.356 e. The molecule has 0 saturated heterocycles. The molecule has 1 aromatic heterocycles. The minimum atomic E-state index is -0.190. The molecule has 1 aliphatic rings. The summed E-state index contributed by atoms with van der Waals surface area (Å²) >= 11 is 1.74. The summed E-state index contributed by atoms with van der Waals surface area (Å²) in [5, 5.41) is 15.5. The van der Waals surface area contributed by atoms with Crippen molar-refractivity contribution in [1.82, 2.24) is 25.4 Å². The number of hydrogen-bond acceptors (Lipinski definition) is 4. The summed E-state index contributed by atoms with van der Waals surface area (Å²) in [6.45, 7) is 2.77. The maximum atomic E-state index is 12.9. The fraction of sp³-hybridized carbons (Fsp3) is 0.571. The summed E-state index contributed by atoms with van der Waals surface area (Å²) in [7, 11) is 1.79. The van der Waals surface area contributed by atoms with Crippen molar-refractivity contribution in [1.29, 1.82) is 0 Å². The number of guanidine groups is 1. The quantitative estimate of drug-likeness (QED) is 0.283. The number of thioether (sulfide) groups is 1. The number of nitrogens with zero attached hydrogens (tertiary/aromatic N) is 4. The van der Waals surface area contributed by atoms with Crippen LogP contribution in [0.2, 0.25) is 0 Å². The molecule has 0 spiro atoms. The lowest BCUT2D eigenvalue weighted by Gasteiger charge is -2.12. The van der Waals surface area contributed by atoms with Crippen molar-refractivity contribution in [3.63, 3.8) is 0 Å². The molecule has 0 saturated carbocycles. The first-order chi connectivity index (χ1) is 14.3. The molecule has 2 aromatic rings. The van der Waals surface area contributed by atoms with Gasteiger partial charge in [-0.1, -0.05) is 6.42 Å². The molecule has 0 fully saturated rings. The van der Waals surface area contributed by atoms with Crippen molar-refractivity contribution >= 4 is 17.7 Å². The van der Waals surface area contributed by atoms with Crippen molar-refractivity contribution in [3.05, 3.63) is 41.7 Å². The average Bonchev–Trinajstić information content (AvgIpc) is 2.96. The van der Waals surface area contributed by atoms with Crippen LogP contribution in [-0.4, -0.2) is 46.6 Å². The van der Waals surface area contributed by atoms with Gasteiger partial charge in [0.25, 0.3) is 0 Å². The van der Waals surface area contributed by atoms with Gasteiger partial charge in [-0.05, 0) is 55.7 Å². The Balaban J connectivity index is 1.28. The zero-order chi connectivity index (χ0) is 20.3. The zero-order valence-corrected chi connectivity index (χ0v) is 18.0. The lowest BCUT2D eigenvalue weighted by molar-refractivity contribution is 0.594. The fourth-order valence-electron chi connectivity index (χ4n) is 3.40. The molecule has 8 heteroatoms. The fourth-order valence-corrected chi connectivity index (χ4v) is 4.26. The van der Waals surface area contributed by atoms with Gasteiger partial charge in [0.05, 0.1) is 0 Å². The van der Waals surface area contributed by atoms with Gasteiger partial charge < -0.3 is 15.2 Å². The Hall–Kier alpha value is -2.09. The Morgan fingerprint density at radius 1 is 1.10 bits per heavy atom. The monoisotopic (exact) mass is 418 g/mol. The largest absolute Gasteiger partial charge is 0.356 e. The first-order valence-corrected chi connectivity index (χ1v) is 11.5. The van der Waals surface area contributed by atoms with Crippen LogP contribution in [0, 0.1) is 5.82 Å². The van der Waals surface area contributed by atoms with Crippen LogP contribution in [0.4, 0.5) is 4.39 Å². The van der Waals surface area contributed by atoms with Gasteiger partial charge >= 0.3 is 0 Å². The zero-order valence-electron chi connectivity index (χ0n) is 17.2. The van der Waals surface area contributed by atoms with Crippen molar-refractivity contribution in [3.8, 4) is 0 Å². The third kappa shape index (κ3) is 7.03. The summed E-state index contributed by atoms with van der Waals surface area (Å²) < 4.78 is 15.2. The van der Waals surface area contributed by atoms with Crippen LogP contribution in [0.3, 0.4) is 0 Å². The predicted molar refractivity (Wildman–Crippen MR) is 117 cm³/mol. The molecule has 1 aromatic carbocycles. The smallest absolute Gasteiger partial charge is 0.190 e. The van der Waals surface area contributed by atoms with E-state index < -0.39 is 0 Å². The van der Waals surface area contributed by atoms with Crippen LogP contribution in [0.5, 0.6) is 0 Å². The van der Waals surface area contributed by atoms with E-state index in [0.717, 1.165) is 73.6 Å². The topological polar surface area (TPSA) is 67.1 Å². The molecular weight excluding hydrogens is 387 g/mol. The maximum absolute atomic E-state index is 12.9. The lowest BCUT2D eigenvalue weighted by Crippen LogP contribution is -2.38. The highest BCUT2D eigenvalue weighted by atomic mass is 32.2. The number of nitrogens with one attached hydrogen (secondary N) is 2. The van der Waals surface area contributed by atoms with Crippen LogP contribution in [0.25, 0.3) is 0 Å². The van der Waals surface area contributed by atoms with E-state index in [0.29, 0.717) is 0 Å². The molecule has 0 atom stereocenters. The Bertz CT molecular complexity index is 774. The van der Waals surface area contributed by atoms with Gasteiger partial charge in [-0.3, -0.25) is 4.99 Å². The third-order valence-corrected chi connectivity index (χ3v) is 6.07. The Labute approximate surface area is 176 Å². The SMILES string of the molecule is CN=C(NCCCSc1ccc(F)cc1)NCCCc1nnc2n1CCCCC2. The normalized spacial score (nSPS) is 14.3. The molecule has 2 N–H and O–H groups in total. The van der Waals surface area contributed by atoms with Gasteiger partial charge in [0.15, 0.2) is 5.96 Å². The highest BCUT2D eigenvalue weighted by Crippen LogP contribution is 2.18. The number of hydrogen-bond donors (Lipinski definition) is 2. The van der Waals surface area contributed by atoms with E-state index >= 15 is 0 Å². The molecule has 0 aliphatic carbocycles. The second kappa shape index (κ2) is 11.8. The van der Waals surface area contributed by atoms with Crippen LogP contribution in [-0.2, 0) is 19.4 Å². The molecule has 1 aliphatic heterocycles. The van der Waals surface area contributed by atoms with E-state index in [1.807, 2.05) is 12.1 Å². The minimum absolute atomic E-state index is 0.190. The number of aromatic nitrogens is 3. The molecule has 0 amide bonds. The van der Waals surface area contributed by atoms with Gasteiger partial charge in [0.1, 0.15) is 17.5 Å². The standard InChI is InChI=1S/C21H31FN6S/c1-23-21(25-14-6-16-29-18-11-9-17(22)10-12-18)24-13-5-8-20-27-26-19-7-3-2-4-15-28(19)20/h9-12H,2-8,13-16H2,1H3,(H2,23,24,25). The predicted octanol–water partition coefficient (Wildman–Crippen LogP) is 3.42. The van der Waals surface area contributed by atoms with Crippen LogP contribution in [0.1, 0.15) is 43.8 Å². The molecule has 3 rings (SSSR count). The second-order valence-corrected chi connectivity index (χ2v) is 8.35. The van der Waals surface area contributed by atoms with Crippen molar-refractivity contribution in [2.75, 3.05) is 25.9 Å². The highest BCUT2D eigenvalue weighted by Gasteiger charge is 2.14. The molecule has 6 nitrogen and oxygen atoms in total. The van der Waals surface area contributed by atoms with Crippen molar-refractivity contribution < 1.29 is 4.39 Å². The third-order valence-electron chi connectivity index (χ3n) is 4.98. The van der Waals surface area contributed by atoms with E-state index in [1.54, 1.807) is 18.8 Å². The van der Waals surface area contributed by atoms with Gasteiger partial charge in [0.2, 0.25) is 0 Å². The summed E-state index contributed by atoms with van der Waals surface area (Å²) in [5.41, 5.74) is 0. The summed E-state index contributed by atoms with van der Waals surface area (Å²) in [5.74, 6) is 3.89. The van der Waals surface area contributed by atoms with E-state index in [1.165, 1.54) is 31.4 Å². The Morgan fingerprint density at radius 2 is 1.90 bits per heavy atom. The van der Waals surface area contributed by atoms with Gasteiger partial charge in [-0.25, -0.2) is 4.39 Å². The molecular formula is C21H31FN6S. The molecule has 0 unspecified atom stereocenters. The molecule has 158 valence electrons. The van der Waals surface area contributed by atoms with Gasteiger partial charge in [0, 0.05) is 44.4 Å². The van der Waals surface area contributed by atoms with Gasteiger partial charge in [-0.15, -0.1) is 22.0 Å². The lowest BCUT2D eigenvalue weighted by atomic mass is 10.2. The van der Waals surface area contributed by atoms with Crippen molar-refractivity contribution in [2.45, 2.75) is 56.4 Å². The number of rotatable bonds is 9. The van der Waals surface area contributed by atoms with Crippen LogP contribution >= 0.6 is 11.8 Å². The summed E-state index contributed by atoms with van der Waals surface area (Å²) in [6, 6.07) is 6.65. The average molecular weight is 419 g/mol. The second-order valence-electron chi connectivity index (χ2n) is 7.18. The summed E-state index contributed by atoms with van der Waals surface area (Å²) in [6.07, 6.45) is 7.74. The van der Waals surface area contributed by atoms with Crippen molar-refractivity contribution in [2.24, 2.45) is 4.99 Å². The van der Waals surface area contributed by atoms with E-state index in [2.05, 4.69) is 30.4 Å². The number of halogens is 1. The number of aryl methyl sites for hydroxylation is 2. The van der Waals surface area contributed by atoms with E-state index in [9.17, 15) is 4.39 Å². The van der Waals surface area contributed by atoms with Crippen LogP contribution < -0.4 is 10.6 Å². The summed E-state index contributed by atoms with van der Waals surface area (Å²) in [4.78, 5) is 5.38.